The van der Waals surface area contributed by atoms with Crippen molar-refractivity contribution < 1.29 is 17.9 Å². The lowest BCUT2D eigenvalue weighted by Crippen LogP contribution is -2.39. The fourth-order valence-electron chi connectivity index (χ4n) is 3.47. The van der Waals surface area contributed by atoms with Crippen LogP contribution < -0.4 is 14.8 Å². The van der Waals surface area contributed by atoms with Gasteiger partial charge in [-0.15, -0.1) is 0 Å². The van der Waals surface area contributed by atoms with E-state index >= 15 is 0 Å². The SMILES string of the molecule is COc1ccc(S(=O)(=O)NC2CC2)cc1NCC(=O)N1CCc2ccccc2C1. The fourth-order valence-corrected chi connectivity index (χ4v) is 4.80. The molecule has 8 heteroatoms. The van der Waals surface area contributed by atoms with Crippen LogP contribution in [0, 0.1) is 0 Å². The quantitative estimate of drug-likeness (QED) is 0.723. The van der Waals surface area contributed by atoms with Gasteiger partial charge in [-0.05, 0) is 48.6 Å². The van der Waals surface area contributed by atoms with Gasteiger partial charge in [-0.2, -0.15) is 0 Å². The topological polar surface area (TPSA) is 87.7 Å². The zero-order chi connectivity index (χ0) is 20.4. The second-order valence-electron chi connectivity index (χ2n) is 7.45. The van der Waals surface area contributed by atoms with Crippen LogP contribution in [0.25, 0.3) is 0 Å². The predicted octanol–water partition coefficient (Wildman–Crippen LogP) is 2.13. The van der Waals surface area contributed by atoms with Crippen molar-refractivity contribution in [3.63, 3.8) is 0 Å². The maximum absolute atomic E-state index is 12.7. The van der Waals surface area contributed by atoms with E-state index in [2.05, 4.69) is 16.1 Å². The second-order valence-corrected chi connectivity index (χ2v) is 9.16. The van der Waals surface area contributed by atoms with Gasteiger partial charge in [-0.25, -0.2) is 13.1 Å². The average Bonchev–Trinajstić information content (AvgIpc) is 3.54. The number of sulfonamides is 1. The molecule has 2 aromatic carbocycles. The molecule has 7 nitrogen and oxygen atoms in total. The summed E-state index contributed by atoms with van der Waals surface area (Å²) in [6.45, 7) is 1.33. The molecule has 1 saturated carbocycles. The van der Waals surface area contributed by atoms with E-state index in [9.17, 15) is 13.2 Å². The molecule has 1 heterocycles. The van der Waals surface area contributed by atoms with Gasteiger partial charge in [-0.1, -0.05) is 24.3 Å². The summed E-state index contributed by atoms with van der Waals surface area (Å²) in [4.78, 5) is 14.7. The summed E-state index contributed by atoms with van der Waals surface area (Å²) in [6, 6.07) is 12.8. The first kappa shape index (κ1) is 19.7. The second kappa shape index (κ2) is 8.04. The minimum absolute atomic E-state index is 0.0297. The number of amides is 1. The van der Waals surface area contributed by atoms with Crippen LogP contribution >= 0.6 is 0 Å². The number of rotatable bonds is 7. The Bertz CT molecular complexity index is 1020. The third kappa shape index (κ3) is 4.54. The maximum atomic E-state index is 12.7. The number of benzene rings is 2. The molecule has 1 fully saturated rings. The molecule has 1 amide bonds. The molecule has 4 rings (SSSR count). The van der Waals surface area contributed by atoms with E-state index in [1.165, 1.54) is 30.4 Å². The zero-order valence-electron chi connectivity index (χ0n) is 16.3. The summed E-state index contributed by atoms with van der Waals surface area (Å²) < 4.78 is 33.0. The van der Waals surface area contributed by atoms with Crippen LogP contribution in [-0.4, -0.2) is 45.5 Å². The van der Waals surface area contributed by atoms with Crippen molar-refractivity contribution in [2.45, 2.75) is 36.7 Å². The molecule has 2 aromatic rings. The molecule has 2 N–H and O–H groups in total. The van der Waals surface area contributed by atoms with Gasteiger partial charge in [0.05, 0.1) is 24.2 Å². The lowest BCUT2D eigenvalue weighted by atomic mass is 10.00. The van der Waals surface area contributed by atoms with Crippen LogP contribution in [0.15, 0.2) is 47.4 Å². The van der Waals surface area contributed by atoms with E-state index in [1.807, 2.05) is 23.1 Å². The highest BCUT2D eigenvalue weighted by molar-refractivity contribution is 7.89. The number of hydrogen-bond acceptors (Lipinski definition) is 5. The number of methoxy groups -OCH3 is 1. The van der Waals surface area contributed by atoms with E-state index in [0.717, 1.165) is 19.3 Å². The maximum Gasteiger partial charge on any atom is 0.242 e. The smallest absolute Gasteiger partial charge is 0.242 e. The highest BCUT2D eigenvalue weighted by Crippen LogP contribution is 2.29. The average molecular weight is 416 g/mol. The van der Waals surface area contributed by atoms with Crippen LogP contribution in [0.2, 0.25) is 0 Å². The summed E-state index contributed by atoms with van der Waals surface area (Å²) in [7, 11) is -2.06. The van der Waals surface area contributed by atoms with E-state index in [4.69, 9.17) is 4.74 Å². The number of carbonyl (C=O) groups is 1. The van der Waals surface area contributed by atoms with Crippen molar-refractivity contribution in [2.24, 2.45) is 0 Å². The van der Waals surface area contributed by atoms with Crippen LogP contribution in [-0.2, 0) is 27.8 Å². The molecule has 0 saturated heterocycles. The monoisotopic (exact) mass is 415 g/mol. The van der Waals surface area contributed by atoms with Gasteiger partial charge in [0.2, 0.25) is 15.9 Å². The Morgan fingerprint density at radius 2 is 1.93 bits per heavy atom. The van der Waals surface area contributed by atoms with Crippen LogP contribution in [0.3, 0.4) is 0 Å². The number of fused-ring (bicyclic) bond motifs is 1. The third-order valence-corrected chi connectivity index (χ3v) is 6.81. The molecule has 0 radical (unpaired) electrons. The zero-order valence-corrected chi connectivity index (χ0v) is 17.2. The van der Waals surface area contributed by atoms with E-state index in [0.29, 0.717) is 24.5 Å². The summed E-state index contributed by atoms with van der Waals surface area (Å²) in [5, 5.41) is 3.06. The van der Waals surface area contributed by atoms with Gasteiger partial charge < -0.3 is 15.0 Å². The highest BCUT2D eigenvalue weighted by atomic mass is 32.2. The Kier molecular flexibility index (Phi) is 5.47. The van der Waals surface area contributed by atoms with Crippen LogP contribution in [0.1, 0.15) is 24.0 Å². The van der Waals surface area contributed by atoms with Crippen molar-refractivity contribution in [1.82, 2.24) is 9.62 Å². The third-order valence-electron chi connectivity index (χ3n) is 5.29. The lowest BCUT2D eigenvalue weighted by molar-refractivity contribution is -0.130. The lowest BCUT2D eigenvalue weighted by Gasteiger charge is -2.29. The van der Waals surface area contributed by atoms with Crippen molar-refractivity contribution in [3.8, 4) is 5.75 Å². The highest BCUT2D eigenvalue weighted by Gasteiger charge is 2.28. The van der Waals surface area contributed by atoms with Crippen molar-refractivity contribution in [1.29, 1.82) is 0 Å². The van der Waals surface area contributed by atoms with Crippen LogP contribution in [0.5, 0.6) is 5.75 Å². The molecule has 154 valence electrons. The molecule has 1 aliphatic heterocycles. The first-order valence-corrected chi connectivity index (χ1v) is 11.2. The van der Waals surface area contributed by atoms with Gasteiger partial charge in [0.15, 0.2) is 0 Å². The van der Waals surface area contributed by atoms with Crippen LogP contribution in [0.4, 0.5) is 5.69 Å². The molecule has 2 aliphatic rings. The molecule has 0 bridgehead atoms. The van der Waals surface area contributed by atoms with Gasteiger partial charge in [-0.3, -0.25) is 4.79 Å². The first-order chi connectivity index (χ1) is 14.0. The Morgan fingerprint density at radius 1 is 1.17 bits per heavy atom. The van der Waals surface area contributed by atoms with Gasteiger partial charge >= 0.3 is 0 Å². The number of carbonyl (C=O) groups excluding carboxylic acids is 1. The van der Waals surface area contributed by atoms with Gasteiger partial charge in [0, 0.05) is 19.1 Å². The Hall–Kier alpha value is -2.58. The van der Waals surface area contributed by atoms with Gasteiger partial charge in [0.25, 0.3) is 0 Å². The number of nitrogens with zero attached hydrogens (tertiary/aromatic N) is 1. The molecule has 0 unspecified atom stereocenters. The van der Waals surface area contributed by atoms with E-state index < -0.39 is 10.0 Å². The molecule has 1 aliphatic carbocycles. The van der Waals surface area contributed by atoms with Crippen molar-refractivity contribution in [3.05, 3.63) is 53.6 Å². The molecular formula is C21H25N3O4S. The molecule has 0 aromatic heterocycles. The van der Waals surface area contributed by atoms with Gasteiger partial charge in [0.1, 0.15) is 5.75 Å². The molecule has 0 spiro atoms. The van der Waals surface area contributed by atoms with Crippen molar-refractivity contribution >= 4 is 21.6 Å². The van der Waals surface area contributed by atoms with Crippen molar-refractivity contribution in [2.75, 3.05) is 25.5 Å². The predicted molar refractivity (Wildman–Crippen MR) is 110 cm³/mol. The molecular weight excluding hydrogens is 390 g/mol. The minimum Gasteiger partial charge on any atom is -0.495 e. The fraction of sp³-hybridized carbons (Fsp3) is 0.381. The Labute approximate surface area is 171 Å². The number of nitrogens with one attached hydrogen (secondary N) is 2. The van der Waals surface area contributed by atoms with E-state index in [1.54, 1.807) is 6.07 Å². The first-order valence-electron chi connectivity index (χ1n) is 9.75. The number of anilines is 1. The molecule has 29 heavy (non-hydrogen) atoms. The minimum atomic E-state index is -3.58. The summed E-state index contributed by atoms with van der Waals surface area (Å²) in [5.41, 5.74) is 2.94. The largest absolute Gasteiger partial charge is 0.495 e. The normalized spacial score (nSPS) is 16.2. The molecule has 0 atom stereocenters. The Balaban J connectivity index is 1.44. The number of ether oxygens (including phenoxy) is 1. The standard InChI is InChI=1S/C21H25N3O4S/c1-28-20-9-8-18(29(26,27)23-17-6-7-17)12-19(20)22-13-21(25)24-11-10-15-4-2-3-5-16(15)14-24/h2-5,8-9,12,17,22-23H,6-7,10-11,13-14H2,1H3. The summed E-state index contributed by atoms with van der Waals surface area (Å²) >= 11 is 0. The number of hydrogen-bond donors (Lipinski definition) is 2. The van der Waals surface area contributed by atoms with E-state index in [-0.39, 0.29) is 23.4 Å². The summed E-state index contributed by atoms with van der Waals surface area (Å²) in [6.07, 6.45) is 2.58. The summed E-state index contributed by atoms with van der Waals surface area (Å²) in [5.74, 6) is 0.457. The Morgan fingerprint density at radius 3 is 2.66 bits per heavy atom.